The molecule has 3 N–H and O–H groups in total. The van der Waals surface area contributed by atoms with E-state index < -0.39 is 31.3 Å². The molecule has 0 aliphatic rings. The third-order valence-corrected chi connectivity index (χ3v) is 4.07. The maximum atomic E-state index is 13.2. The van der Waals surface area contributed by atoms with Gasteiger partial charge in [0.1, 0.15) is 10.7 Å². The maximum absolute atomic E-state index is 13.2. The summed E-state index contributed by atoms with van der Waals surface area (Å²) >= 11 is 1.01. The van der Waals surface area contributed by atoms with Crippen LogP contribution in [0.5, 0.6) is 0 Å². The summed E-state index contributed by atoms with van der Waals surface area (Å²) in [6.45, 7) is -1.44. The van der Waals surface area contributed by atoms with Crippen molar-refractivity contribution in [3.8, 4) is 0 Å². The number of nitrogen functional groups attached to an aromatic ring is 1. The van der Waals surface area contributed by atoms with Crippen molar-refractivity contribution in [2.75, 3.05) is 25.4 Å². The summed E-state index contributed by atoms with van der Waals surface area (Å²) in [5, 5.41) is 9.25. The summed E-state index contributed by atoms with van der Waals surface area (Å²) in [7, 11) is 0. The Bertz CT molecular complexity index is 660. The zero-order chi connectivity index (χ0) is 15.6. The second kappa shape index (κ2) is 6.31. The first-order valence-corrected chi connectivity index (χ1v) is 6.91. The number of amides is 1. The van der Waals surface area contributed by atoms with Crippen molar-refractivity contribution in [2.45, 2.75) is 6.43 Å². The molecule has 2 rings (SSSR count). The number of fused-ring (bicyclic) bond motifs is 1. The molecule has 0 saturated carbocycles. The molecule has 1 heterocycles. The fraction of sp³-hybridized carbons (Fsp3) is 0.308. The number of halogens is 3. The maximum Gasteiger partial charge on any atom is 0.266 e. The fourth-order valence-corrected chi connectivity index (χ4v) is 3.03. The van der Waals surface area contributed by atoms with Gasteiger partial charge in [-0.3, -0.25) is 4.79 Å². The van der Waals surface area contributed by atoms with Gasteiger partial charge in [-0.25, -0.2) is 13.2 Å². The third-order valence-electron chi connectivity index (χ3n) is 2.90. The number of hydrogen-bond donors (Lipinski definition) is 2. The number of carbonyl (C=O) groups excluding carboxylic acids is 1. The first kappa shape index (κ1) is 15.6. The predicted molar refractivity (Wildman–Crippen MR) is 75.2 cm³/mol. The van der Waals surface area contributed by atoms with E-state index in [1.165, 1.54) is 18.2 Å². The van der Waals surface area contributed by atoms with Gasteiger partial charge in [0.15, 0.2) is 0 Å². The molecule has 114 valence electrons. The highest BCUT2D eigenvalue weighted by Crippen LogP contribution is 2.34. The minimum atomic E-state index is -2.71. The molecule has 0 saturated heterocycles. The van der Waals surface area contributed by atoms with Gasteiger partial charge in [-0.2, -0.15) is 0 Å². The first-order chi connectivity index (χ1) is 9.93. The summed E-state index contributed by atoms with van der Waals surface area (Å²) in [5.41, 5.74) is 5.89. The van der Waals surface area contributed by atoms with Gasteiger partial charge in [-0.15, -0.1) is 11.3 Å². The van der Waals surface area contributed by atoms with Crippen LogP contribution in [-0.2, 0) is 0 Å². The van der Waals surface area contributed by atoms with Crippen LogP contribution < -0.4 is 5.73 Å². The molecule has 2 aromatic rings. The lowest BCUT2D eigenvalue weighted by molar-refractivity contribution is 0.0514. The number of nitrogens with two attached hydrogens (primary N) is 1. The SMILES string of the molecule is Nc1c(C(=O)N(CCO)CC(F)F)sc2ccc(F)cc12. The van der Waals surface area contributed by atoms with E-state index in [2.05, 4.69) is 0 Å². The molecular weight excluding hydrogens is 305 g/mol. The van der Waals surface area contributed by atoms with Crippen LogP contribution in [0, 0.1) is 5.82 Å². The van der Waals surface area contributed by atoms with Crippen LogP contribution in [0.3, 0.4) is 0 Å². The molecule has 0 aliphatic carbocycles. The number of rotatable bonds is 5. The first-order valence-electron chi connectivity index (χ1n) is 6.10. The highest BCUT2D eigenvalue weighted by atomic mass is 32.1. The minimum absolute atomic E-state index is 0.0664. The van der Waals surface area contributed by atoms with Gasteiger partial charge in [-0.1, -0.05) is 0 Å². The van der Waals surface area contributed by atoms with E-state index in [0.717, 1.165) is 16.2 Å². The number of hydrogen-bond acceptors (Lipinski definition) is 4. The lowest BCUT2D eigenvalue weighted by Gasteiger charge is -2.20. The molecule has 0 fully saturated rings. The molecule has 0 unspecified atom stereocenters. The lowest BCUT2D eigenvalue weighted by atomic mass is 10.2. The van der Waals surface area contributed by atoms with Crippen molar-refractivity contribution in [1.29, 1.82) is 0 Å². The van der Waals surface area contributed by atoms with E-state index in [1.807, 2.05) is 0 Å². The second-order valence-electron chi connectivity index (χ2n) is 4.35. The van der Waals surface area contributed by atoms with Crippen LogP contribution in [-0.4, -0.2) is 42.0 Å². The van der Waals surface area contributed by atoms with Crippen LogP contribution in [0.1, 0.15) is 9.67 Å². The van der Waals surface area contributed by atoms with Crippen LogP contribution in [0.15, 0.2) is 18.2 Å². The Hall–Kier alpha value is -1.80. The molecular formula is C13H13F3N2O2S. The Labute approximate surface area is 122 Å². The van der Waals surface area contributed by atoms with E-state index in [-0.39, 0.29) is 17.1 Å². The van der Waals surface area contributed by atoms with Crippen LogP contribution in [0.2, 0.25) is 0 Å². The van der Waals surface area contributed by atoms with Crippen LogP contribution in [0.25, 0.3) is 10.1 Å². The van der Waals surface area contributed by atoms with Crippen molar-refractivity contribution in [1.82, 2.24) is 4.90 Å². The number of nitrogens with zero attached hydrogens (tertiary/aromatic N) is 1. The topological polar surface area (TPSA) is 66.6 Å². The van der Waals surface area contributed by atoms with E-state index in [9.17, 15) is 18.0 Å². The van der Waals surface area contributed by atoms with Crippen molar-refractivity contribution in [3.05, 3.63) is 28.9 Å². The number of aliphatic hydroxyl groups excluding tert-OH is 1. The summed E-state index contributed by atoms with van der Waals surface area (Å²) < 4.78 is 38.8. The summed E-state index contributed by atoms with van der Waals surface area (Å²) in [4.78, 5) is 13.2. The van der Waals surface area contributed by atoms with E-state index in [0.29, 0.717) is 10.1 Å². The lowest BCUT2D eigenvalue weighted by Crippen LogP contribution is -2.37. The highest BCUT2D eigenvalue weighted by Gasteiger charge is 2.24. The molecule has 0 bridgehead atoms. The zero-order valence-corrected chi connectivity index (χ0v) is 11.7. The van der Waals surface area contributed by atoms with Crippen molar-refractivity contribution < 1.29 is 23.1 Å². The minimum Gasteiger partial charge on any atom is -0.397 e. The Morgan fingerprint density at radius 1 is 1.43 bits per heavy atom. The molecule has 0 aliphatic heterocycles. The largest absolute Gasteiger partial charge is 0.397 e. The van der Waals surface area contributed by atoms with Gasteiger partial charge in [-0.05, 0) is 18.2 Å². The number of alkyl halides is 2. The molecule has 0 spiro atoms. The molecule has 4 nitrogen and oxygen atoms in total. The second-order valence-corrected chi connectivity index (χ2v) is 5.40. The molecule has 0 radical (unpaired) electrons. The normalized spacial score (nSPS) is 11.3. The van der Waals surface area contributed by atoms with Crippen LogP contribution in [0.4, 0.5) is 18.9 Å². The highest BCUT2D eigenvalue weighted by molar-refractivity contribution is 7.21. The van der Waals surface area contributed by atoms with E-state index in [1.54, 1.807) is 0 Å². The quantitative estimate of drug-likeness (QED) is 0.889. The van der Waals surface area contributed by atoms with Gasteiger partial charge in [0, 0.05) is 16.6 Å². The van der Waals surface area contributed by atoms with Gasteiger partial charge >= 0.3 is 0 Å². The number of thiophene rings is 1. The summed E-state index contributed by atoms with van der Waals surface area (Å²) in [6, 6.07) is 3.91. The average molecular weight is 318 g/mol. The smallest absolute Gasteiger partial charge is 0.266 e. The third kappa shape index (κ3) is 3.27. The number of benzene rings is 1. The average Bonchev–Trinajstić information content (AvgIpc) is 2.74. The monoisotopic (exact) mass is 318 g/mol. The molecule has 1 aromatic heterocycles. The number of anilines is 1. The summed E-state index contributed by atoms with van der Waals surface area (Å²) in [6.07, 6.45) is -2.71. The van der Waals surface area contributed by atoms with Crippen molar-refractivity contribution in [3.63, 3.8) is 0 Å². The Balaban J connectivity index is 2.39. The molecule has 21 heavy (non-hydrogen) atoms. The Morgan fingerprint density at radius 2 is 2.14 bits per heavy atom. The van der Waals surface area contributed by atoms with Gasteiger partial charge in [0.25, 0.3) is 12.3 Å². The van der Waals surface area contributed by atoms with Crippen LogP contribution >= 0.6 is 11.3 Å². The Morgan fingerprint density at radius 3 is 2.76 bits per heavy atom. The van der Waals surface area contributed by atoms with Crippen molar-refractivity contribution in [2.24, 2.45) is 0 Å². The number of aliphatic hydroxyl groups is 1. The van der Waals surface area contributed by atoms with Gasteiger partial charge in [0.2, 0.25) is 0 Å². The summed E-state index contributed by atoms with van der Waals surface area (Å²) in [5.74, 6) is -1.19. The molecule has 1 amide bonds. The van der Waals surface area contributed by atoms with E-state index >= 15 is 0 Å². The fourth-order valence-electron chi connectivity index (χ4n) is 1.95. The zero-order valence-electron chi connectivity index (χ0n) is 10.9. The standard InChI is InChI=1S/C13H13F3N2O2S/c14-7-1-2-9-8(5-7)11(17)12(21-9)13(20)18(3-4-19)6-10(15)16/h1-2,5,10,19H,3-4,6,17H2. The Kier molecular flexibility index (Phi) is 4.69. The molecule has 0 atom stereocenters. The van der Waals surface area contributed by atoms with E-state index in [4.69, 9.17) is 10.8 Å². The predicted octanol–water partition coefficient (Wildman–Crippen LogP) is 2.32. The van der Waals surface area contributed by atoms with Gasteiger partial charge in [0.05, 0.1) is 18.8 Å². The molecule has 8 heteroatoms. The number of carbonyl (C=O) groups is 1. The van der Waals surface area contributed by atoms with Gasteiger partial charge < -0.3 is 15.7 Å². The molecule has 1 aromatic carbocycles. The van der Waals surface area contributed by atoms with Crippen molar-refractivity contribution >= 4 is 33.0 Å².